The van der Waals surface area contributed by atoms with Gasteiger partial charge in [-0.1, -0.05) is 11.6 Å². The van der Waals surface area contributed by atoms with Crippen LogP contribution in [-0.4, -0.2) is 27.6 Å². The zero-order valence-electron chi connectivity index (χ0n) is 7.21. The Morgan fingerprint density at radius 2 is 2.40 bits per heavy atom. The molecule has 0 aromatic carbocycles. The van der Waals surface area contributed by atoms with Gasteiger partial charge in [-0.3, -0.25) is 10.1 Å². The zero-order valence-corrected chi connectivity index (χ0v) is 7.97. The SMILES string of the molecule is O=C(O)COc1ncc(Cl)cc1[N+](=O)[O-]. The van der Waals surface area contributed by atoms with Crippen LogP contribution in [0.25, 0.3) is 0 Å². The van der Waals surface area contributed by atoms with Crippen molar-refractivity contribution in [1.82, 2.24) is 4.98 Å². The molecule has 0 saturated carbocycles. The number of carboxylic acids is 1. The predicted molar refractivity (Wildman–Crippen MR) is 49.0 cm³/mol. The molecule has 80 valence electrons. The lowest BCUT2D eigenvalue weighted by Crippen LogP contribution is -2.11. The molecular formula is C7H5ClN2O5. The van der Waals surface area contributed by atoms with Gasteiger partial charge >= 0.3 is 11.7 Å². The van der Waals surface area contributed by atoms with Crippen molar-refractivity contribution in [2.24, 2.45) is 0 Å². The minimum atomic E-state index is -1.25. The molecule has 1 N–H and O–H groups in total. The summed E-state index contributed by atoms with van der Waals surface area (Å²) < 4.78 is 4.60. The summed E-state index contributed by atoms with van der Waals surface area (Å²) in [7, 11) is 0. The predicted octanol–water partition coefficient (Wildman–Crippen LogP) is 1.11. The first-order valence-electron chi connectivity index (χ1n) is 3.65. The van der Waals surface area contributed by atoms with Gasteiger partial charge in [0.2, 0.25) is 0 Å². The van der Waals surface area contributed by atoms with Crippen molar-refractivity contribution < 1.29 is 19.6 Å². The molecule has 7 nitrogen and oxygen atoms in total. The molecule has 0 aliphatic heterocycles. The number of halogens is 1. The molecule has 0 amide bonds. The van der Waals surface area contributed by atoms with Crippen LogP contribution in [-0.2, 0) is 4.79 Å². The highest BCUT2D eigenvalue weighted by Gasteiger charge is 2.18. The third-order valence-corrected chi connectivity index (χ3v) is 1.53. The quantitative estimate of drug-likeness (QED) is 0.616. The summed E-state index contributed by atoms with van der Waals surface area (Å²) in [5, 5.41) is 18.9. The third kappa shape index (κ3) is 3.06. The van der Waals surface area contributed by atoms with Crippen molar-refractivity contribution in [1.29, 1.82) is 0 Å². The number of hydrogen-bond acceptors (Lipinski definition) is 5. The van der Waals surface area contributed by atoms with E-state index < -0.39 is 23.2 Å². The fraction of sp³-hybridized carbons (Fsp3) is 0.143. The van der Waals surface area contributed by atoms with Crippen LogP contribution in [0.15, 0.2) is 12.3 Å². The molecule has 1 aromatic rings. The maximum absolute atomic E-state index is 10.5. The highest BCUT2D eigenvalue weighted by Crippen LogP contribution is 2.26. The molecule has 0 radical (unpaired) electrons. The first-order chi connectivity index (χ1) is 7.00. The number of hydrogen-bond donors (Lipinski definition) is 1. The summed E-state index contributed by atoms with van der Waals surface area (Å²) in [6.07, 6.45) is 1.13. The van der Waals surface area contributed by atoms with Crippen molar-refractivity contribution in [2.75, 3.05) is 6.61 Å². The van der Waals surface area contributed by atoms with E-state index in [1.54, 1.807) is 0 Å². The fourth-order valence-electron chi connectivity index (χ4n) is 0.788. The van der Waals surface area contributed by atoms with Gasteiger partial charge in [0, 0.05) is 6.07 Å². The van der Waals surface area contributed by atoms with Gasteiger partial charge < -0.3 is 9.84 Å². The van der Waals surface area contributed by atoms with Gasteiger partial charge in [-0.2, -0.15) is 0 Å². The number of pyridine rings is 1. The van der Waals surface area contributed by atoms with E-state index in [1.807, 2.05) is 0 Å². The molecular weight excluding hydrogens is 228 g/mol. The molecule has 0 unspecified atom stereocenters. The number of rotatable bonds is 4. The Bertz CT molecular complexity index is 408. The Labute approximate surface area is 88.4 Å². The highest BCUT2D eigenvalue weighted by atomic mass is 35.5. The number of ether oxygens (including phenoxy) is 1. The van der Waals surface area contributed by atoms with E-state index in [1.165, 1.54) is 0 Å². The number of aliphatic carboxylic acids is 1. The molecule has 8 heteroatoms. The lowest BCUT2D eigenvalue weighted by Gasteiger charge is -2.02. The molecule has 0 bridgehead atoms. The fourth-order valence-corrected chi connectivity index (χ4v) is 0.940. The average molecular weight is 233 g/mol. The van der Waals surface area contributed by atoms with Crippen LogP contribution in [0.3, 0.4) is 0 Å². The van der Waals surface area contributed by atoms with Gasteiger partial charge in [-0.25, -0.2) is 9.78 Å². The van der Waals surface area contributed by atoms with Crippen molar-refractivity contribution >= 4 is 23.3 Å². The van der Waals surface area contributed by atoms with Crippen LogP contribution >= 0.6 is 11.6 Å². The molecule has 0 spiro atoms. The van der Waals surface area contributed by atoms with Crippen LogP contribution in [0.4, 0.5) is 5.69 Å². The largest absolute Gasteiger partial charge is 0.479 e. The second kappa shape index (κ2) is 4.56. The molecule has 0 aliphatic rings. The molecule has 1 rings (SSSR count). The van der Waals surface area contributed by atoms with Gasteiger partial charge in [-0.15, -0.1) is 0 Å². The van der Waals surface area contributed by atoms with E-state index in [9.17, 15) is 14.9 Å². The van der Waals surface area contributed by atoms with E-state index >= 15 is 0 Å². The third-order valence-electron chi connectivity index (χ3n) is 1.33. The number of carboxylic acid groups (broad SMARTS) is 1. The molecule has 0 saturated heterocycles. The van der Waals surface area contributed by atoms with Crippen LogP contribution in [0, 0.1) is 10.1 Å². The normalized spacial score (nSPS) is 9.67. The summed E-state index contributed by atoms with van der Waals surface area (Å²) in [4.78, 5) is 23.4. The minimum absolute atomic E-state index is 0.0735. The average Bonchev–Trinajstić information content (AvgIpc) is 2.15. The lowest BCUT2D eigenvalue weighted by molar-refractivity contribution is -0.386. The van der Waals surface area contributed by atoms with Gasteiger partial charge in [-0.05, 0) is 0 Å². The minimum Gasteiger partial charge on any atom is -0.479 e. The van der Waals surface area contributed by atoms with Gasteiger partial charge in [0.1, 0.15) is 0 Å². The summed E-state index contributed by atoms with van der Waals surface area (Å²) in [5.74, 6) is -1.62. The zero-order chi connectivity index (χ0) is 11.4. The van der Waals surface area contributed by atoms with Crippen molar-refractivity contribution in [3.63, 3.8) is 0 Å². The van der Waals surface area contributed by atoms with E-state index in [0.717, 1.165) is 12.3 Å². The number of aromatic nitrogens is 1. The molecule has 0 atom stereocenters. The summed E-state index contributed by atoms with van der Waals surface area (Å²) >= 11 is 5.48. The Kier molecular flexibility index (Phi) is 3.40. The summed E-state index contributed by atoms with van der Waals surface area (Å²) in [6.45, 7) is -0.699. The number of nitro groups is 1. The summed E-state index contributed by atoms with van der Waals surface area (Å²) in [5.41, 5.74) is -0.469. The second-order valence-corrected chi connectivity index (χ2v) is 2.85. The maximum atomic E-state index is 10.5. The van der Waals surface area contributed by atoms with Gasteiger partial charge in [0.05, 0.1) is 16.1 Å². The lowest BCUT2D eigenvalue weighted by atomic mass is 10.4. The van der Waals surface area contributed by atoms with E-state index in [0.29, 0.717) is 0 Å². The standard InChI is InChI=1S/C7H5ClN2O5/c8-4-1-5(10(13)14)7(9-2-4)15-3-6(11)12/h1-2H,3H2,(H,11,12). The molecule has 0 aliphatic carbocycles. The molecule has 1 aromatic heterocycles. The van der Waals surface area contributed by atoms with Gasteiger partial charge in [0.25, 0.3) is 5.88 Å². The maximum Gasteiger partial charge on any atom is 0.341 e. The van der Waals surface area contributed by atoms with Crippen molar-refractivity contribution in [3.8, 4) is 5.88 Å². The Morgan fingerprint density at radius 3 is 2.93 bits per heavy atom. The molecule has 15 heavy (non-hydrogen) atoms. The monoisotopic (exact) mass is 232 g/mol. The Morgan fingerprint density at radius 1 is 1.73 bits per heavy atom. The second-order valence-electron chi connectivity index (χ2n) is 2.42. The highest BCUT2D eigenvalue weighted by molar-refractivity contribution is 6.30. The Hall–Kier alpha value is -1.89. The Balaban J connectivity index is 2.95. The smallest absolute Gasteiger partial charge is 0.341 e. The van der Waals surface area contributed by atoms with Crippen LogP contribution in [0.2, 0.25) is 5.02 Å². The first kappa shape index (κ1) is 11.2. The first-order valence-corrected chi connectivity index (χ1v) is 4.03. The topological polar surface area (TPSA) is 103 Å². The van der Waals surface area contributed by atoms with Crippen LogP contribution in [0.5, 0.6) is 5.88 Å². The molecule has 1 heterocycles. The van der Waals surface area contributed by atoms with E-state index in [2.05, 4.69) is 9.72 Å². The van der Waals surface area contributed by atoms with E-state index in [-0.39, 0.29) is 10.9 Å². The van der Waals surface area contributed by atoms with Crippen molar-refractivity contribution in [3.05, 3.63) is 27.4 Å². The van der Waals surface area contributed by atoms with Gasteiger partial charge in [0.15, 0.2) is 6.61 Å². The van der Waals surface area contributed by atoms with Crippen LogP contribution in [0.1, 0.15) is 0 Å². The van der Waals surface area contributed by atoms with Crippen LogP contribution < -0.4 is 4.74 Å². The van der Waals surface area contributed by atoms with E-state index in [4.69, 9.17) is 16.7 Å². The summed E-state index contributed by atoms with van der Waals surface area (Å²) in [6, 6.07) is 1.03. The number of carbonyl (C=O) groups is 1. The van der Waals surface area contributed by atoms with Crippen molar-refractivity contribution in [2.45, 2.75) is 0 Å². The number of nitrogens with zero attached hydrogens (tertiary/aromatic N) is 2. The molecule has 0 fully saturated rings.